The number of carbonyl (C=O) groups is 1. The summed E-state index contributed by atoms with van der Waals surface area (Å²) < 4.78 is 3.57. The Morgan fingerprint density at radius 3 is 2.60 bits per heavy atom. The summed E-state index contributed by atoms with van der Waals surface area (Å²) in [4.78, 5) is 18.3. The lowest BCUT2D eigenvalue weighted by atomic mass is 10.0. The molecule has 0 radical (unpaired) electrons. The van der Waals surface area contributed by atoms with Gasteiger partial charge in [-0.2, -0.15) is 15.5 Å². The summed E-state index contributed by atoms with van der Waals surface area (Å²) in [5, 5.41) is 21.7. The molecule has 8 heteroatoms. The van der Waals surface area contributed by atoms with Gasteiger partial charge >= 0.3 is 0 Å². The lowest BCUT2D eigenvalue weighted by Crippen LogP contribution is -2.14. The number of rotatable bonds is 5. The van der Waals surface area contributed by atoms with Crippen LogP contribution in [-0.4, -0.2) is 30.5 Å². The van der Waals surface area contributed by atoms with Gasteiger partial charge in [0.1, 0.15) is 0 Å². The molecule has 0 bridgehead atoms. The van der Waals surface area contributed by atoms with E-state index in [1.165, 1.54) is 0 Å². The van der Waals surface area contributed by atoms with Crippen molar-refractivity contribution in [2.24, 2.45) is 7.05 Å². The Labute approximate surface area is 202 Å². The molecular formula is C27H23N7O. The second kappa shape index (κ2) is 8.88. The zero-order valence-electron chi connectivity index (χ0n) is 19.6. The van der Waals surface area contributed by atoms with Crippen molar-refractivity contribution in [3.63, 3.8) is 0 Å². The van der Waals surface area contributed by atoms with Crippen LogP contribution in [0.1, 0.15) is 32.9 Å². The minimum atomic E-state index is -0.224. The predicted octanol–water partition coefficient (Wildman–Crippen LogP) is 4.62. The Bertz CT molecular complexity index is 1600. The Balaban J connectivity index is 1.48. The van der Waals surface area contributed by atoms with Crippen LogP contribution in [0.15, 0.2) is 67.0 Å². The summed E-state index contributed by atoms with van der Waals surface area (Å²) in [6, 6.07) is 19.0. The van der Waals surface area contributed by atoms with Crippen LogP contribution in [0.4, 0.5) is 5.69 Å². The van der Waals surface area contributed by atoms with E-state index in [9.17, 15) is 4.79 Å². The fourth-order valence-corrected chi connectivity index (χ4v) is 4.13. The molecule has 3 heterocycles. The average Bonchev–Trinajstić information content (AvgIpc) is 3.42. The van der Waals surface area contributed by atoms with Crippen LogP contribution in [0.3, 0.4) is 0 Å². The molecule has 0 unspecified atom stereocenters. The van der Waals surface area contributed by atoms with Gasteiger partial charge in [-0.3, -0.25) is 14.2 Å². The van der Waals surface area contributed by atoms with Crippen molar-refractivity contribution in [2.45, 2.75) is 20.4 Å². The molecule has 0 spiro atoms. The van der Waals surface area contributed by atoms with Crippen molar-refractivity contribution in [1.82, 2.24) is 24.5 Å². The van der Waals surface area contributed by atoms with Gasteiger partial charge in [0.2, 0.25) is 0 Å². The third-order valence-corrected chi connectivity index (χ3v) is 6.00. The van der Waals surface area contributed by atoms with Crippen LogP contribution in [0.2, 0.25) is 0 Å². The van der Waals surface area contributed by atoms with E-state index in [0.717, 1.165) is 33.4 Å². The van der Waals surface area contributed by atoms with Crippen LogP contribution in [0, 0.1) is 25.2 Å². The van der Waals surface area contributed by atoms with Gasteiger partial charge in [0.05, 0.1) is 58.2 Å². The van der Waals surface area contributed by atoms with Crippen molar-refractivity contribution < 1.29 is 4.79 Å². The number of para-hydroxylation sites is 1. The van der Waals surface area contributed by atoms with E-state index in [0.29, 0.717) is 29.1 Å². The zero-order chi connectivity index (χ0) is 24.5. The number of nitrogens with one attached hydrogen (secondary N) is 1. The summed E-state index contributed by atoms with van der Waals surface area (Å²) >= 11 is 0. The van der Waals surface area contributed by atoms with E-state index in [1.54, 1.807) is 29.1 Å². The number of hydrogen-bond donors (Lipinski definition) is 1. The van der Waals surface area contributed by atoms with Crippen molar-refractivity contribution in [1.29, 1.82) is 5.26 Å². The standard InChI is InChI=1S/C27H23N7O/c1-17-26(18(2)34(32-17)15-20-10-8-19(13-28)9-11-20)31-27(35)23-12-25(21-14-29-33(3)16-21)30-24-7-5-4-6-22(23)24/h4-12,14,16H,15H2,1-3H3,(H,31,35). The maximum absolute atomic E-state index is 13.5. The van der Waals surface area contributed by atoms with Gasteiger partial charge in [-0.25, -0.2) is 4.98 Å². The fourth-order valence-electron chi connectivity index (χ4n) is 4.13. The number of nitrogens with zero attached hydrogens (tertiary/aromatic N) is 6. The molecule has 0 aliphatic rings. The molecular weight excluding hydrogens is 438 g/mol. The van der Waals surface area contributed by atoms with E-state index in [4.69, 9.17) is 10.2 Å². The van der Waals surface area contributed by atoms with E-state index >= 15 is 0 Å². The lowest BCUT2D eigenvalue weighted by Gasteiger charge is -2.11. The highest BCUT2D eigenvalue weighted by atomic mass is 16.1. The summed E-state index contributed by atoms with van der Waals surface area (Å²) in [5.74, 6) is -0.224. The first-order chi connectivity index (χ1) is 16.9. The molecule has 1 amide bonds. The molecule has 5 rings (SSSR count). The van der Waals surface area contributed by atoms with Gasteiger partial charge in [0.15, 0.2) is 0 Å². The number of nitriles is 1. The van der Waals surface area contributed by atoms with Crippen LogP contribution >= 0.6 is 0 Å². The normalized spacial score (nSPS) is 10.9. The monoisotopic (exact) mass is 461 g/mol. The van der Waals surface area contributed by atoms with E-state index in [2.05, 4.69) is 21.6 Å². The molecule has 3 aromatic heterocycles. The first-order valence-corrected chi connectivity index (χ1v) is 11.2. The highest BCUT2D eigenvalue weighted by Crippen LogP contribution is 2.27. The fraction of sp³-hybridized carbons (Fsp3) is 0.148. The predicted molar refractivity (Wildman–Crippen MR) is 134 cm³/mol. The molecule has 35 heavy (non-hydrogen) atoms. The maximum Gasteiger partial charge on any atom is 0.256 e. The molecule has 1 N–H and O–H groups in total. The number of benzene rings is 2. The second-order valence-electron chi connectivity index (χ2n) is 8.44. The van der Waals surface area contributed by atoms with Crippen LogP contribution < -0.4 is 5.32 Å². The average molecular weight is 462 g/mol. The van der Waals surface area contributed by atoms with Crippen LogP contribution in [0.25, 0.3) is 22.2 Å². The number of amides is 1. The SMILES string of the molecule is Cc1nn(Cc2ccc(C#N)cc2)c(C)c1NC(=O)c1cc(-c2cnn(C)c2)nc2ccccc12. The summed E-state index contributed by atoms with van der Waals surface area (Å²) in [6.07, 6.45) is 3.61. The molecule has 0 saturated heterocycles. The Morgan fingerprint density at radius 1 is 1.11 bits per heavy atom. The molecule has 0 fully saturated rings. The quantitative estimate of drug-likeness (QED) is 0.411. The number of fused-ring (bicyclic) bond motifs is 1. The summed E-state index contributed by atoms with van der Waals surface area (Å²) in [7, 11) is 1.85. The third-order valence-electron chi connectivity index (χ3n) is 6.00. The van der Waals surface area contributed by atoms with Crippen LogP contribution in [0.5, 0.6) is 0 Å². The van der Waals surface area contributed by atoms with Gasteiger partial charge in [-0.05, 0) is 43.7 Å². The topological polar surface area (TPSA) is 101 Å². The summed E-state index contributed by atoms with van der Waals surface area (Å²) in [5.41, 5.74) is 6.71. The first-order valence-electron chi connectivity index (χ1n) is 11.2. The number of aromatic nitrogens is 5. The molecule has 0 aliphatic carbocycles. The number of hydrogen-bond acceptors (Lipinski definition) is 5. The number of carbonyl (C=O) groups excluding carboxylic acids is 1. The molecule has 0 atom stereocenters. The van der Waals surface area contributed by atoms with E-state index in [-0.39, 0.29) is 5.91 Å². The van der Waals surface area contributed by atoms with Crippen molar-refractivity contribution in [3.05, 3.63) is 95.1 Å². The van der Waals surface area contributed by atoms with Gasteiger partial charge in [0.25, 0.3) is 5.91 Å². The van der Waals surface area contributed by atoms with Gasteiger partial charge in [-0.1, -0.05) is 30.3 Å². The van der Waals surface area contributed by atoms with Gasteiger partial charge in [0, 0.05) is 24.2 Å². The largest absolute Gasteiger partial charge is 0.319 e. The molecule has 0 saturated carbocycles. The molecule has 5 aromatic rings. The summed E-state index contributed by atoms with van der Waals surface area (Å²) in [6.45, 7) is 4.35. The van der Waals surface area contributed by atoms with E-state index < -0.39 is 0 Å². The lowest BCUT2D eigenvalue weighted by molar-refractivity contribution is 0.102. The number of aryl methyl sites for hydroxylation is 2. The Kier molecular flexibility index (Phi) is 5.59. The highest BCUT2D eigenvalue weighted by molar-refractivity contribution is 6.13. The molecule has 2 aromatic carbocycles. The van der Waals surface area contributed by atoms with Crippen molar-refractivity contribution in [2.75, 3.05) is 5.32 Å². The second-order valence-corrected chi connectivity index (χ2v) is 8.44. The van der Waals surface area contributed by atoms with Gasteiger partial charge < -0.3 is 5.32 Å². The molecule has 0 aliphatic heterocycles. The Hall–Kier alpha value is -4.77. The van der Waals surface area contributed by atoms with E-state index in [1.807, 2.05) is 68.2 Å². The minimum Gasteiger partial charge on any atom is -0.319 e. The zero-order valence-corrected chi connectivity index (χ0v) is 19.6. The number of anilines is 1. The highest BCUT2D eigenvalue weighted by Gasteiger charge is 2.19. The smallest absolute Gasteiger partial charge is 0.256 e. The number of pyridine rings is 1. The van der Waals surface area contributed by atoms with Crippen molar-refractivity contribution >= 4 is 22.5 Å². The third kappa shape index (κ3) is 4.27. The molecule has 172 valence electrons. The van der Waals surface area contributed by atoms with Crippen molar-refractivity contribution in [3.8, 4) is 17.3 Å². The maximum atomic E-state index is 13.5. The molecule has 8 nitrogen and oxygen atoms in total. The first kappa shape index (κ1) is 22.0. The van der Waals surface area contributed by atoms with Gasteiger partial charge in [-0.15, -0.1) is 0 Å². The minimum absolute atomic E-state index is 0.224. The van der Waals surface area contributed by atoms with Crippen LogP contribution in [-0.2, 0) is 13.6 Å². The Morgan fingerprint density at radius 2 is 1.89 bits per heavy atom.